The quantitative estimate of drug-likeness (QED) is 0.547. The number of fused-ring (bicyclic) bond motifs is 3. The molecule has 2 unspecified atom stereocenters. The standard InChI is InChI=1S/C27H27F2N3O3/c1-16-3-5-19(31-26(34)18-7-8-30-25(12-18)27(2,28)29)13-22(16)17-4-6-21-23(11-17)32-9-10-35-15-20(32)14-24(21)33/h3-8,11-13,20,24,33H,9-10,14-15H2,1-2H3,(H,31,34). The summed E-state index contributed by atoms with van der Waals surface area (Å²) in [5.41, 5.74) is 5.06. The minimum Gasteiger partial charge on any atom is -0.388 e. The topological polar surface area (TPSA) is 74.7 Å². The molecule has 3 aromatic rings. The lowest BCUT2D eigenvalue weighted by molar-refractivity contribution is 0.0127. The molecule has 1 fully saturated rings. The maximum atomic E-state index is 13.6. The highest BCUT2D eigenvalue weighted by Gasteiger charge is 2.34. The fourth-order valence-electron chi connectivity index (χ4n) is 4.82. The predicted molar refractivity (Wildman–Crippen MR) is 130 cm³/mol. The molecule has 5 rings (SSSR count). The van der Waals surface area contributed by atoms with Crippen LogP contribution in [-0.2, 0) is 10.7 Å². The average molecular weight is 480 g/mol. The van der Waals surface area contributed by atoms with E-state index in [1.807, 2.05) is 31.2 Å². The molecule has 0 radical (unpaired) electrons. The van der Waals surface area contributed by atoms with Crippen LogP contribution in [0.3, 0.4) is 0 Å². The van der Waals surface area contributed by atoms with E-state index < -0.39 is 23.6 Å². The first-order valence-corrected chi connectivity index (χ1v) is 11.6. The number of aryl methyl sites for hydroxylation is 1. The highest BCUT2D eigenvalue weighted by atomic mass is 19.3. The molecule has 2 aromatic carbocycles. The Morgan fingerprint density at radius 1 is 1.20 bits per heavy atom. The SMILES string of the molecule is Cc1ccc(NC(=O)c2ccnc(C(C)(F)F)c2)cc1-c1ccc2c(c1)N1CCOCC1CC2O. The van der Waals surface area contributed by atoms with Crippen LogP contribution in [-0.4, -0.2) is 41.8 Å². The van der Waals surface area contributed by atoms with Crippen molar-refractivity contribution in [2.45, 2.75) is 38.3 Å². The van der Waals surface area contributed by atoms with E-state index in [-0.39, 0.29) is 11.6 Å². The summed E-state index contributed by atoms with van der Waals surface area (Å²) in [6.07, 6.45) is 1.32. The van der Waals surface area contributed by atoms with E-state index in [0.717, 1.165) is 47.5 Å². The van der Waals surface area contributed by atoms with Crippen LogP contribution in [0.15, 0.2) is 54.7 Å². The van der Waals surface area contributed by atoms with Crippen LogP contribution in [0.4, 0.5) is 20.2 Å². The van der Waals surface area contributed by atoms with E-state index >= 15 is 0 Å². The van der Waals surface area contributed by atoms with Crippen molar-refractivity contribution in [1.29, 1.82) is 0 Å². The number of rotatable bonds is 4. The Hall–Kier alpha value is -3.36. The number of amides is 1. The molecule has 2 atom stereocenters. The van der Waals surface area contributed by atoms with Gasteiger partial charge in [0.1, 0.15) is 5.69 Å². The minimum atomic E-state index is -3.13. The van der Waals surface area contributed by atoms with Gasteiger partial charge in [0.05, 0.1) is 25.4 Å². The van der Waals surface area contributed by atoms with Gasteiger partial charge in [0.2, 0.25) is 0 Å². The normalized spacial score (nSPS) is 19.6. The maximum Gasteiger partial charge on any atom is 0.286 e. The molecule has 1 saturated heterocycles. The number of ether oxygens (including phenoxy) is 1. The van der Waals surface area contributed by atoms with Gasteiger partial charge < -0.3 is 20.1 Å². The number of hydrogen-bond donors (Lipinski definition) is 2. The van der Waals surface area contributed by atoms with Crippen molar-refractivity contribution in [1.82, 2.24) is 4.98 Å². The fourth-order valence-corrected chi connectivity index (χ4v) is 4.82. The van der Waals surface area contributed by atoms with Gasteiger partial charge in [-0.2, -0.15) is 8.78 Å². The Labute approximate surface area is 202 Å². The largest absolute Gasteiger partial charge is 0.388 e. The number of nitrogens with zero attached hydrogens (tertiary/aromatic N) is 2. The van der Waals surface area contributed by atoms with Crippen LogP contribution in [0.5, 0.6) is 0 Å². The molecule has 0 spiro atoms. The number of aromatic nitrogens is 1. The van der Waals surface area contributed by atoms with Crippen LogP contribution in [0.2, 0.25) is 0 Å². The van der Waals surface area contributed by atoms with E-state index in [2.05, 4.69) is 21.3 Å². The second-order valence-electron chi connectivity index (χ2n) is 9.25. The van der Waals surface area contributed by atoms with Crippen LogP contribution in [0.1, 0.15) is 46.6 Å². The van der Waals surface area contributed by atoms with E-state index in [1.54, 1.807) is 6.07 Å². The summed E-state index contributed by atoms with van der Waals surface area (Å²) in [5.74, 6) is -3.62. The van der Waals surface area contributed by atoms with Gasteiger partial charge in [0, 0.05) is 48.6 Å². The van der Waals surface area contributed by atoms with Crippen molar-refractivity contribution in [2.75, 3.05) is 30.0 Å². The maximum absolute atomic E-state index is 13.6. The molecule has 2 aliphatic heterocycles. The van der Waals surface area contributed by atoms with Crippen molar-refractivity contribution in [3.05, 3.63) is 77.1 Å². The Bertz CT molecular complexity index is 1270. The molecule has 3 heterocycles. The fraction of sp³-hybridized carbons (Fsp3) is 0.333. The molecule has 1 amide bonds. The predicted octanol–water partition coefficient (Wildman–Crippen LogP) is 5.06. The molecule has 8 heteroatoms. The molecular weight excluding hydrogens is 452 g/mol. The lowest BCUT2D eigenvalue weighted by atomic mass is 9.89. The summed E-state index contributed by atoms with van der Waals surface area (Å²) < 4.78 is 32.9. The van der Waals surface area contributed by atoms with Crippen LogP contribution in [0, 0.1) is 6.92 Å². The third-order valence-corrected chi connectivity index (χ3v) is 6.70. The van der Waals surface area contributed by atoms with Gasteiger partial charge in [-0.05, 0) is 53.9 Å². The summed E-state index contributed by atoms with van der Waals surface area (Å²) in [6.45, 7) is 4.76. The van der Waals surface area contributed by atoms with Gasteiger partial charge in [-0.1, -0.05) is 18.2 Å². The number of benzene rings is 2. The molecule has 0 saturated carbocycles. The number of carbonyl (C=O) groups is 1. The zero-order chi connectivity index (χ0) is 24.7. The number of aliphatic hydroxyl groups is 1. The van der Waals surface area contributed by atoms with Crippen LogP contribution < -0.4 is 10.2 Å². The number of anilines is 2. The second-order valence-corrected chi connectivity index (χ2v) is 9.25. The van der Waals surface area contributed by atoms with Gasteiger partial charge >= 0.3 is 0 Å². The molecule has 0 aliphatic carbocycles. The van der Waals surface area contributed by atoms with E-state index in [0.29, 0.717) is 25.3 Å². The molecule has 6 nitrogen and oxygen atoms in total. The number of morpholine rings is 1. The van der Waals surface area contributed by atoms with Gasteiger partial charge in [-0.15, -0.1) is 0 Å². The zero-order valence-corrected chi connectivity index (χ0v) is 19.6. The monoisotopic (exact) mass is 479 g/mol. The molecule has 35 heavy (non-hydrogen) atoms. The molecule has 2 aliphatic rings. The lowest BCUT2D eigenvalue weighted by Crippen LogP contribution is -2.49. The van der Waals surface area contributed by atoms with E-state index in [4.69, 9.17) is 4.74 Å². The van der Waals surface area contributed by atoms with Gasteiger partial charge in [0.15, 0.2) is 0 Å². The molecule has 182 valence electrons. The molecule has 0 bridgehead atoms. The Balaban J connectivity index is 1.44. The smallest absolute Gasteiger partial charge is 0.286 e. The van der Waals surface area contributed by atoms with Crippen molar-refractivity contribution in [3.8, 4) is 11.1 Å². The first-order chi connectivity index (χ1) is 16.7. The number of halogens is 2. The number of pyridine rings is 1. The molecule has 1 aromatic heterocycles. The van der Waals surface area contributed by atoms with Gasteiger partial charge in [-0.25, -0.2) is 0 Å². The highest BCUT2D eigenvalue weighted by Crippen LogP contribution is 2.41. The van der Waals surface area contributed by atoms with Gasteiger partial charge in [-0.3, -0.25) is 9.78 Å². The number of carbonyl (C=O) groups excluding carboxylic acids is 1. The third-order valence-electron chi connectivity index (χ3n) is 6.70. The number of aliphatic hydroxyl groups excluding tert-OH is 1. The van der Waals surface area contributed by atoms with Crippen LogP contribution in [0.25, 0.3) is 11.1 Å². The zero-order valence-electron chi connectivity index (χ0n) is 19.6. The summed E-state index contributed by atoms with van der Waals surface area (Å²) in [7, 11) is 0. The number of hydrogen-bond acceptors (Lipinski definition) is 5. The Kier molecular flexibility index (Phi) is 6.02. The average Bonchev–Trinajstić information content (AvgIpc) is 2.84. The van der Waals surface area contributed by atoms with E-state index in [1.165, 1.54) is 12.3 Å². The Morgan fingerprint density at radius 2 is 2.03 bits per heavy atom. The van der Waals surface area contributed by atoms with Gasteiger partial charge in [0.25, 0.3) is 11.8 Å². The highest BCUT2D eigenvalue weighted by molar-refractivity contribution is 6.04. The van der Waals surface area contributed by atoms with Crippen molar-refractivity contribution in [3.63, 3.8) is 0 Å². The first-order valence-electron chi connectivity index (χ1n) is 11.6. The van der Waals surface area contributed by atoms with Crippen molar-refractivity contribution in [2.24, 2.45) is 0 Å². The summed E-state index contributed by atoms with van der Waals surface area (Å²) in [6, 6.07) is 14.3. The molecular formula is C27H27F2N3O3. The third kappa shape index (κ3) is 4.63. The molecule has 2 N–H and O–H groups in total. The first kappa shape index (κ1) is 23.4. The minimum absolute atomic E-state index is 0.111. The summed E-state index contributed by atoms with van der Waals surface area (Å²) in [4.78, 5) is 18.8. The number of nitrogens with one attached hydrogen (secondary N) is 1. The second kappa shape index (κ2) is 9.02. The van der Waals surface area contributed by atoms with Crippen molar-refractivity contribution < 1.29 is 23.4 Å². The Morgan fingerprint density at radius 3 is 2.83 bits per heavy atom. The number of alkyl halides is 2. The summed E-state index contributed by atoms with van der Waals surface area (Å²) in [5, 5.41) is 13.5. The van der Waals surface area contributed by atoms with E-state index in [9.17, 15) is 18.7 Å². The summed E-state index contributed by atoms with van der Waals surface area (Å²) >= 11 is 0. The van der Waals surface area contributed by atoms with Crippen LogP contribution >= 0.6 is 0 Å². The lowest BCUT2D eigenvalue weighted by Gasteiger charge is -2.43. The van der Waals surface area contributed by atoms with Crippen molar-refractivity contribution >= 4 is 17.3 Å².